The Morgan fingerprint density at radius 1 is 1.06 bits per heavy atom. The van der Waals surface area contributed by atoms with E-state index in [0.717, 1.165) is 23.4 Å². The quantitative estimate of drug-likeness (QED) is 0.426. The standard InChI is InChI=1S/C24H19F3N4O3.ClH/c25-24(26,27)17-11-20-21(29-12-17)31(19-9-10-28-13-19)23(34)30(20)18-7-5-15(6-8-18)14-1-3-16(4-2-14)22(32)33;/h1-8,11-12,19,28H,9-10,13H2,(H,32,33);1H/t19-;/m0./s1. The first-order valence-electron chi connectivity index (χ1n) is 10.6. The molecule has 1 aliphatic rings. The van der Waals surface area contributed by atoms with Crippen LogP contribution in [0.3, 0.4) is 0 Å². The van der Waals surface area contributed by atoms with E-state index in [-0.39, 0.29) is 35.2 Å². The molecule has 35 heavy (non-hydrogen) atoms. The number of imidazole rings is 1. The van der Waals surface area contributed by atoms with Crippen molar-refractivity contribution in [2.75, 3.05) is 13.1 Å². The molecule has 2 aromatic heterocycles. The number of fused-ring (bicyclic) bond motifs is 1. The number of rotatable bonds is 4. The van der Waals surface area contributed by atoms with Gasteiger partial charge in [0, 0.05) is 12.7 Å². The van der Waals surface area contributed by atoms with Gasteiger partial charge in [0.2, 0.25) is 0 Å². The number of carbonyl (C=O) groups is 1. The van der Waals surface area contributed by atoms with E-state index in [2.05, 4.69) is 10.3 Å². The van der Waals surface area contributed by atoms with E-state index in [0.29, 0.717) is 25.2 Å². The van der Waals surface area contributed by atoms with Gasteiger partial charge in [0.25, 0.3) is 0 Å². The molecule has 0 amide bonds. The van der Waals surface area contributed by atoms with E-state index < -0.39 is 23.4 Å². The van der Waals surface area contributed by atoms with E-state index in [1.807, 2.05) is 0 Å². The van der Waals surface area contributed by atoms with Crippen molar-refractivity contribution in [2.24, 2.45) is 0 Å². The molecule has 4 aromatic rings. The molecule has 1 atom stereocenters. The van der Waals surface area contributed by atoms with Crippen molar-refractivity contribution in [1.29, 1.82) is 0 Å². The van der Waals surface area contributed by atoms with Crippen LogP contribution in [0.15, 0.2) is 65.6 Å². The first-order chi connectivity index (χ1) is 16.2. The highest BCUT2D eigenvalue weighted by Gasteiger charge is 2.33. The monoisotopic (exact) mass is 504 g/mol. The van der Waals surface area contributed by atoms with Crippen LogP contribution in [0.5, 0.6) is 0 Å². The van der Waals surface area contributed by atoms with Crippen molar-refractivity contribution in [2.45, 2.75) is 18.6 Å². The van der Waals surface area contributed by atoms with E-state index in [1.165, 1.54) is 21.3 Å². The highest BCUT2D eigenvalue weighted by atomic mass is 35.5. The van der Waals surface area contributed by atoms with Gasteiger partial charge in [0.15, 0.2) is 5.65 Å². The smallest absolute Gasteiger partial charge is 0.417 e. The van der Waals surface area contributed by atoms with E-state index in [1.54, 1.807) is 36.4 Å². The Morgan fingerprint density at radius 2 is 1.69 bits per heavy atom. The number of carboxylic acids is 1. The fourth-order valence-electron chi connectivity index (χ4n) is 4.30. The molecule has 182 valence electrons. The minimum atomic E-state index is -4.59. The van der Waals surface area contributed by atoms with Crippen LogP contribution < -0.4 is 11.0 Å². The Kier molecular flexibility index (Phi) is 6.44. The molecule has 2 N–H and O–H groups in total. The minimum Gasteiger partial charge on any atom is -0.478 e. The van der Waals surface area contributed by atoms with Crippen LogP contribution in [0.2, 0.25) is 0 Å². The van der Waals surface area contributed by atoms with Gasteiger partial charge < -0.3 is 10.4 Å². The van der Waals surface area contributed by atoms with Gasteiger partial charge in [-0.3, -0.25) is 9.13 Å². The topological polar surface area (TPSA) is 89.1 Å². The number of aromatic carboxylic acids is 1. The fraction of sp³-hybridized carbons (Fsp3) is 0.208. The molecular formula is C24H20ClF3N4O3. The van der Waals surface area contributed by atoms with Crippen LogP contribution in [0.1, 0.15) is 28.4 Å². The van der Waals surface area contributed by atoms with Gasteiger partial charge in [0.1, 0.15) is 0 Å². The van der Waals surface area contributed by atoms with Crippen molar-refractivity contribution < 1.29 is 23.1 Å². The lowest BCUT2D eigenvalue weighted by Gasteiger charge is -2.10. The third kappa shape index (κ3) is 4.42. The molecular weight excluding hydrogens is 485 g/mol. The number of hydrogen-bond donors (Lipinski definition) is 2. The maximum Gasteiger partial charge on any atom is 0.417 e. The Morgan fingerprint density at radius 3 is 2.23 bits per heavy atom. The van der Waals surface area contributed by atoms with Gasteiger partial charge in [-0.2, -0.15) is 13.2 Å². The molecule has 5 rings (SSSR count). The van der Waals surface area contributed by atoms with Crippen LogP contribution in [0.25, 0.3) is 28.0 Å². The summed E-state index contributed by atoms with van der Waals surface area (Å²) in [6, 6.07) is 13.9. The summed E-state index contributed by atoms with van der Waals surface area (Å²) in [7, 11) is 0. The molecule has 0 aliphatic carbocycles. The lowest BCUT2D eigenvalue weighted by molar-refractivity contribution is -0.137. The summed E-state index contributed by atoms with van der Waals surface area (Å²) >= 11 is 0. The maximum atomic E-state index is 13.4. The van der Waals surface area contributed by atoms with E-state index >= 15 is 0 Å². The Bertz CT molecular complexity index is 1440. The number of benzene rings is 2. The highest BCUT2D eigenvalue weighted by molar-refractivity contribution is 5.88. The molecule has 1 fully saturated rings. The van der Waals surface area contributed by atoms with Crippen molar-refractivity contribution in [3.05, 3.63) is 82.4 Å². The lowest BCUT2D eigenvalue weighted by atomic mass is 10.0. The van der Waals surface area contributed by atoms with Crippen LogP contribution in [-0.2, 0) is 6.18 Å². The number of alkyl halides is 3. The Hall–Kier alpha value is -3.63. The molecule has 11 heteroatoms. The van der Waals surface area contributed by atoms with Gasteiger partial charge in [-0.1, -0.05) is 24.3 Å². The number of hydrogen-bond acceptors (Lipinski definition) is 4. The van der Waals surface area contributed by atoms with Gasteiger partial charge >= 0.3 is 17.8 Å². The number of nitrogens with zero attached hydrogens (tertiary/aromatic N) is 3. The average molecular weight is 505 g/mol. The van der Waals surface area contributed by atoms with Crippen LogP contribution in [0.4, 0.5) is 13.2 Å². The normalized spacial score (nSPS) is 15.8. The first-order valence-corrected chi connectivity index (χ1v) is 10.6. The summed E-state index contributed by atoms with van der Waals surface area (Å²) < 4.78 is 42.9. The predicted octanol–water partition coefficient (Wildman–Crippen LogP) is 4.53. The molecule has 3 heterocycles. The molecule has 2 aromatic carbocycles. The second kappa shape index (κ2) is 9.20. The summed E-state index contributed by atoms with van der Waals surface area (Å²) in [5.41, 5.74) is 1.03. The molecule has 1 aliphatic heterocycles. The third-order valence-electron chi connectivity index (χ3n) is 6.03. The SMILES string of the molecule is Cl.O=C(O)c1ccc(-c2ccc(-n3c(=O)n([C@H]4CCNC4)c4ncc(C(F)(F)F)cc43)cc2)cc1. The van der Waals surface area contributed by atoms with Gasteiger partial charge in [-0.15, -0.1) is 12.4 Å². The number of pyridine rings is 1. The maximum absolute atomic E-state index is 13.4. The predicted molar refractivity (Wildman–Crippen MR) is 126 cm³/mol. The zero-order valence-electron chi connectivity index (χ0n) is 18.1. The highest BCUT2D eigenvalue weighted by Crippen LogP contribution is 2.32. The van der Waals surface area contributed by atoms with Crippen molar-refractivity contribution in [1.82, 2.24) is 19.4 Å². The Balaban J connectivity index is 0.00000289. The zero-order chi connectivity index (χ0) is 24.0. The number of aromatic nitrogens is 3. The van der Waals surface area contributed by atoms with Gasteiger partial charge in [-0.25, -0.2) is 14.6 Å². The first kappa shape index (κ1) is 24.5. The van der Waals surface area contributed by atoms with E-state index in [4.69, 9.17) is 5.11 Å². The number of halogens is 4. The molecule has 0 radical (unpaired) electrons. The summed E-state index contributed by atoms with van der Waals surface area (Å²) in [5, 5.41) is 12.2. The third-order valence-corrected chi connectivity index (χ3v) is 6.03. The summed E-state index contributed by atoms with van der Waals surface area (Å²) in [5.74, 6) is -1.03. The molecule has 0 spiro atoms. The average Bonchev–Trinajstić information content (AvgIpc) is 3.43. The van der Waals surface area contributed by atoms with Crippen molar-refractivity contribution >= 4 is 29.5 Å². The largest absolute Gasteiger partial charge is 0.478 e. The summed E-state index contributed by atoms with van der Waals surface area (Å²) in [6.45, 7) is 1.24. The zero-order valence-corrected chi connectivity index (χ0v) is 18.9. The number of carboxylic acid groups (broad SMARTS) is 1. The lowest BCUT2D eigenvalue weighted by Crippen LogP contribution is -2.28. The fourth-order valence-corrected chi connectivity index (χ4v) is 4.30. The molecule has 0 unspecified atom stereocenters. The van der Waals surface area contributed by atoms with Gasteiger partial charge in [0.05, 0.1) is 28.4 Å². The second-order valence-electron chi connectivity index (χ2n) is 8.13. The molecule has 7 nitrogen and oxygen atoms in total. The Labute approximate surface area is 203 Å². The molecule has 0 bridgehead atoms. The van der Waals surface area contributed by atoms with Crippen LogP contribution >= 0.6 is 12.4 Å². The van der Waals surface area contributed by atoms with Crippen LogP contribution in [-0.4, -0.2) is 38.3 Å². The number of nitrogens with one attached hydrogen (secondary N) is 1. The molecule has 1 saturated heterocycles. The van der Waals surface area contributed by atoms with Crippen LogP contribution in [0, 0.1) is 0 Å². The van der Waals surface area contributed by atoms with Crippen molar-refractivity contribution in [3.8, 4) is 16.8 Å². The summed E-state index contributed by atoms with van der Waals surface area (Å²) in [4.78, 5) is 28.5. The second-order valence-corrected chi connectivity index (χ2v) is 8.13. The minimum absolute atomic E-state index is 0. The van der Waals surface area contributed by atoms with Crippen molar-refractivity contribution in [3.63, 3.8) is 0 Å². The summed E-state index contributed by atoms with van der Waals surface area (Å²) in [6.07, 6.45) is -3.16. The van der Waals surface area contributed by atoms with E-state index in [9.17, 15) is 22.8 Å². The van der Waals surface area contributed by atoms with Gasteiger partial charge in [-0.05, 0) is 54.4 Å². The molecule has 0 saturated carbocycles.